The van der Waals surface area contributed by atoms with Crippen LogP contribution in [0.4, 0.5) is 5.69 Å². The SMILES string of the molecule is COC[C@@H](C)n1c(C)cc(C(=O)COC(=O)c2ccc([N+](=O)[O-])cc2)c1C. The van der Waals surface area contributed by atoms with E-state index in [0.29, 0.717) is 12.2 Å². The highest BCUT2D eigenvalue weighted by Crippen LogP contribution is 2.21. The molecule has 1 aromatic heterocycles. The van der Waals surface area contributed by atoms with E-state index in [4.69, 9.17) is 9.47 Å². The van der Waals surface area contributed by atoms with Gasteiger partial charge in [-0.25, -0.2) is 4.79 Å². The van der Waals surface area contributed by atoms with E-state index < -0.39 is 17.5 Å². The summed E-state index contributed by atoms with van der Waals surface area (Å²) in [7, 11) is 1.62. The predicted octanol–water partition coefficient (Wildman–Crippen LogP) is 3.26. The van der Waals surface area contributed by atoms with Crippen molar-refractivity contribution in [3.63, 3.8) is 0 Å². The first-order valence-corrected chi connectivity index (χ1v) is 8.38. The Morgan fingerprint density at radius 3 is 2.41 bits per heavy atom. The van der Waals surface area contributed by atoms with Crippen molar-refractivity contribution in [2.75, 3.05) is 20.3 Å². The number of aryl methyl sites for hydroxylation is 1. The predicted molar refractivity (Wildman–Crippen MR) is 98.2 cm³/mol. The van der Waals surface area contributed by atoms with Crippen molar-refractivity contribution in [1.82, 2.24) is 4.57 Å². The second-order valence-electron chi connectivity index (χ2n) is 6.26. The van der Waals surface area contributed by atoms with Crippen LogP contribution in [-0.4, -0.2) is 41.6 Å². The van der Waals surface area contributed by atoms with Gasteiger partial charge in [0.2, 0.25) is 5.78 Å². The van der Waals surface area contributed by atoms with E-state index in [1.54, 1.807) is 13.2 Å². The van der Waals surface area contributed by atoms with Gasteiger partial charge in [0.25, 0.3) is 5.69 Å². The quantitative estimate of drug-likeness (QED) is 0.304. The van der Waals surface area contributed by atoms with E-state index in [0.717, 1.165) is 11.4 Å². The first kappa shape index (κ1) is 20.3. The van der Waals surface area contributed by atoms with Gasteiger partial charge in [-0.1, -0.05) is 0 Å². The number of hydrogen-bond donors (Lipinski definition) is 0. The Kier molecular flexibility index (Phi) is 6.46. The third kappa shape index (κ3) is 4.59. The van der Waals surface area contributed by atoms with Crippen molar-refractivity contribution in [2.45, 2.75) is 26.8 Å². The van der Waals surface area contributed by atoms with Crippen LogP contribution in [0.25, 0.3) is 0 Å². The Hall–Kier alpha value is -3.00. The van der Waals surface area contributed by atoms with Crippen LogP contribution in [-0.2, 0) is 9.47 Å². The van der Waals surface area contributed by atoms with Crippen LogP contribution in [0.1, 0.15) is 45.1 Å². The first-order chi connectivity index (χ1) is 12.8. The van der Waals surface area contributed by atoms with Gasteiger partial charge in [0.05, 0.1) is 23.1 Å². The zero-order valence-electron chi connectivity index (χ0n) is 15.7. The summed E-state index contributed by atoms with van der Waals surface area (Å²) in [5.41, 5.74) is 2.22. The van der Waals surface area contributed by atoms with Crippen LogP contribution in [0.3, 0.4) is 0 Å². The number of benzene rings is 1. The number of nitro benzene ring substituents is 1. The topological polar surface area (TPSA) is 101 Å². The average Bonchev–Trinajstić information content (AvgIpc) is 2.94. The maximum absolute atomic E-state index is 12.5. The zero-order valence-corrected chi connectivity index (χ0v) is 15.7. The standard InChI is InChI=1S/C19H22N2O6/c1-12-9-17(14(3)20(12)13(2)10-26-4)18(22)11-27-19(23)15-5-7-16(8-6-15)21(24)25/h5-9,13H,10-11H2,1-4H3/t13-/m1/s1. The number of carbonyl (C=O) groups is 2. The molecule has 0 unspecified atom stereocenters. The fourth-order valence-corrected chi connectivity index (χ4v) is 3.06. The van der Waals surface area contributed by atoms with Gasteiger partial charge in [-0.2, -0.15) is 0 Å². The molecule has 0 bridgehead atoms. The number of carbonyl (C=O) groups excluding carboxylic acids is 2. The minimum Gasteiger partial charge on any atom is -0.454 e. The first-order valence-electron chi connectivity index (χ1n) is 8.38. The molecule has 8 heteroatoms. The summed E-state index contributed by atoms with van der Waals surface area (Å²) < 4.78 is 12.2. The summed E-state index contributed by atoms with van der Waals surface area (Å²) in [6.45, 7) is 5.84. The number of non-ortho nitro benzene ring substituents is 1. The summed E-state index contributed by atoms with van der Waals surface area (Å²) in [5.74, 6) is -1.02. The molecule has 0 aliphatic carbocycles. The van der Waals surface area contributed by atoms with E-state index >= 15 is 0 Å². The third-order valence-corrected chi connectivity index (χ3v) is 4.28. The summed E-state index contributed by atoms with van der Waals surface area (Å²) in [5, 5.41) is 10.6. The van der Waals surface area contributed by atoms with E-state index in [1.165, 1.54) is 24.3 Å². The lowest BCUT2D eigenvalue weighted by molar-refractivity contribution is -0.384. The van der Waals surface area contributed by atoms with Crippen molar-refractivity contribution in [3.8, 4) is 0 Å². The van der Waals surface area contributed by atoms with Crippen LogP contribution >= 0.6 is 0 Å². The third-order valence-electron chi connectivity index (χ3n) is 4.28. The fraction of sp³-hybridized carbons (Fsp3) is 0.368. The van der Waals surface area contributed by atoms with Crippen LogP contribution in [0.5, 0.6) is 0 Å². The number of aromatic nitrogens is 1. The van der Waals surface area contributed by atoms with Crippen LogP contribution < -0.4 is 0 Å². The molecule has 0 fully saturated rings. The average molecular weight is 374 g/mol. The number of ketones is 1. The highest BCUT2D eigenvalue weighted by Gasteiger charge is 2.20. The highest BCUT2D eigenvalue weighted by molar-refractivity contribution is 6.00. The van der Waals surface area contributed by atoms with Gasteiger partial charge in [-0.15, -0.1) is 0 Å². The summed E-state index contributed by atoms with van der Waals surface area (Å²) in [6, 6.07) is 6.85. The molecular weight excluding hydrogens is 352 g/mol. The summed E-state index contributed by atoms with van der Waals surface area (Å²) in [6.07, 6.45) is 0. The second kappa shape index (κ2) is 8.59. The van der Waals surface area contributed by atoms with Crippen molar-refractivity contribution in [3.05, 3.63) is 63.0 Å². The number of methoxy groups -OCH3 is 1. The van der Waals surface area contributed by atoms with Crippen molar-refractivity contribution < 1.29 is 24.0 Å². The molecule has 2 rings (SSSR count). The van der Waals surface area contributed by atoms with Gasteiger partial charge in [-0.3, -0.25) is 14.9 Å². The highest BCUT2D eigenvalue weighted by atomic mass is 16.6. The molecule has 1 heterocycles. The Bertz CT molecular complexity index is 854. The minimum atomic E-state index is -0.709. The molecule has 0 N–H and O–H groups in total. The molecule has 2 aromatic rings. The summed E-state index contributed by atoms with van der Waals surface area (Å²) >= 11 is 0. The molecule has 0 aliphatic heterocycles. The van der Waals surface area contributed by atoms with E-state index in [-0.39, 0.29) is 23.1 Å². The number of nitrogens with zero attached hydrogens (tertiary/aromatic N) is 2. The van der Waals surface area contributed by atoms with E-state index in [9.17, 15) is 19.7 Å². The Balaban J connectivity index is 2.06. The number of rotatable bonds is 8. The monoisotopic (exact) mass is 374 g/mol. The molecule has 0 saturated heterocycles. The summed E-state index contributed by atoms with van der Waals surface area (Å²) in [4.78, 5) is 34.6. The molecule has 0 radical (unpaired) electrons. The lowest BCUT2D eigenvalue weighted by atomic mass is 10.1. The molecule has 144 valence electrons. The van der Waals surface area contributed by atoms with Gasteiger partial charge in [0.1, 0.15) is 0 Å². The molecule has 27 heavy (non-hydrogen) atoms. The number of ether oxygens (including phenoxy) is 2. The molecule has 0 saturated carbocycles. The normalized spacial score (nSPS) is 11.9. The maximum Gasteiger partial charge on any atom is 0.338 e. The van der Waals surface area contributed by atoms with Gasteiger partial charge in [0.15, 0.2) is 6.61 Å². The van der Waals surface area contributed by atoms with Gasteiger partial charge in [0, 0.05) is 36.2 Å². The lowest BCUT2D eigenvalue weighted by Crippen LogP contribution is -2.17. The maximum atomic E-state index is 12.5. The molecule has 1 atom stereocenters. The lowest BCUT2D eigenvalue weighted by Gasteiger charge is -2.17. The van der Waals surface area contributed by atoms with Gasteiger partial charge in [-0.05, 0) is 39.0 Å². The number of hydrogen-bond acceptors (Lipinski definition) is 6. The van der Waals surface area contributed by atoms with E-state index in [1.807, 2.05) is 25.3 Å². The molecule has 1 aromatic carbocycles. The molecular formula is C19H22N2O6. The number of nitro groups is 1. The van der Waals surface area contributed by atoms with Crippen LogP contribution in [0.15, 0.2) is 30.3 Å². The smallest absolute Gasteiger partial charge is 0.338 e. The van der Waals surface area contributed by atoms with Gasteiger partial charge < -0.3 is 14.0 Å². The molecule has 0 spiro atoms. The second-order valence-corrected chi connectivity index (χ2v) is 6.26. The largest absolute Gasteiger partial charge is 0.454 e. The van der Waals surface area contributed by atoms with Gasteiger partial charge >= 0.3 is 5.97 Å². The number of Topliss-reactive ketones (excluding diaryl/α,β-unsaturated/α-hetero) is 1. The van der Waals surface area contributed by atoms with Crippen LogP contribution in [0, 0.1) is 24.0 Å². The van der Waals surface area contributed by atoms with Crippen molar-refractivity contribution in [1.29, 1.82) is 0 Å². The number of esters is 1. The van der Waals surface area contributed by atoms with Crippen LogP contribution in [0.2, 0.25) is 0 Å². The fourth-order valence-electron chi connectivity index (χ4n) is 3.06. The minimum absolute atomic E-state index is 0.0687. The Labute approximate surface area is 156 Å². The molecule has 8 nitrogen and oxygen atoms in total. The van der Waals surface area contributed by atoms with E-state index in [2.05, 4.69) is 0 Å². The Morgan fingerprint density at radius 2 is 1.85 bits per heavy atom. The van der Waals surface area contributed by atoms with Crippen molar-refractivity contribution in [2.24, 2.45) is 0 Å². The Morgan fingerprint density at radius 1 is 1.22 bits per heavy atom. The molecule has 0 aliphatic rings. The molecule has 0 amide bonds. The zero-order chi connectivity index (χ0) is 20.1. The van der Waals surface area contributed by atoms with Crippen molar-refractivity contribution >= 4 is 17.4 Å².